The smallest absolute Gasteiger partial charge is 0.164 e. The molecule has 9 aromatic rings. The number of nitrogens with zero attached hydrogens (tertiary/aromatic N) is 4. The lowest BCUT2D eigenvalue weighted by atomic mass is 9.94. The Labute approximate surface area is 269 Å². The molecule has 0 aliphatic heterocycles. The van der Waals surface area contributed by atoms with E-state index >= 15 is 0 Å². The van der Waals surface area contributed by atoms with Crippen LogP contribution in [0.2, 0.25) is 0 Å². The number of aromatic nitrogens is 4. The van der Waals surface area contributed by atoms with Crippen LogP contribution in [0.3, 0.4) is 0 Å². The van der Waals surface area contributed by atoms with Gasteiger partial charge in [-0.25, -0.2) is 15.0 Å². The van der Waals surface area contributed by atoms with Gasteiger partial charge in [0.1, 0.15) is 11.1 Å². The first-order chi connectivity index (χ1) is 23.3. The van der Waals surface area contributed by atoms with E-state index < -0.39 is 0 Å². The monoisotopic (exact) mass is 600 g/mol. The van der Waals surface area contributed by atoms with Crippen LogP contribution in [-0.4, -0.2) is 19.9 Å². The lowest BCUT2D eigenvalue weighted by molar-refractivity contribution is 0.668. The zero-order valence-electron chi connectivity index (χ0n) is 25.1. The molecule has 0 bridgehead atoms. The Morgan fingerprint density at radius 2 is 0.957 bits per heavy atom. The second kappa shape index (κ2) is 10.0. The van der Waals surface area contributed by atoms with Crippen LogP contribution in [-0.2, 0) is 0 Å². The van der Waals surface area contributed by atoms with Gasteiger partial charge in [0.15, 0.2) is 23.1 Å². The normalized spacial score (nSPS) is 11.8. The summed E-state index contributed by atoms with van der Waals surface area (Å²) in [5.41, 5.74) is 12.5. The molecule has 3 aromatic heterocycles. The first-order valence-corrected chi connectivity index (χ1v) is 15.6. The fourth-order valence-corrected chi connectivity index (χ4v) is 7.03. The third-order valence-electron chi connectivity index (χ3n) is 9.16. The third kappa shape index (κ3) is 3.97. The van der Waals surface area contributed by atoms with E-state index in [0.717, 1.165) is 44.3 Å². The Balaban J connectivity index is 1.12. The van der Waals surface area contributed by atoms with Gasteiger partial charge in [-0.1, -0.05) is 121 Å². The molecule has 1 aliphatic carbocycles. The molecule has 10 rings (SSSR count). The zero-order valence-corrected chi connectivity index (χ0v) is 25.1. The van der Waals surface area contributed by atoms with E-state index in [1.165, 1.54) is 38.6 Å². The molecular formula is C42H24N4O. The summed E-state index contributed by atoms with van der Waals surface area (Å²) in [5.74, 6) is 1.79. The summed E-state index contributed by atoms with van der Waals surface area (Å²) in [4.78, 5) is 19.6. The highest BCUT2D eigenvalue weighted by Crippen LogP contribution is 2.49. The van der Waals surface area contributed by atoms with Crippen molar-refractivity contribution >= 4 is 32.8 Å². The average Bonchev–Trinajstić information content (AvgIpc) is 3.69. The zero-order chi connectivity index (χ0) is 30.9. The Morgan fingerprint density at radius 1 is 0.362 bits per heavy atom. The topological polar surface area (TPSA) is 64.7 Å². The van der Waals surface area contributed by atoms with Crippen LogP contribution in [0.25, 0.3) is 100 Å². The van der Waals surface area contributed by atoms with Crippen LogP contribution in [0.5, 0.6) is 0 Å². The minimum Gasteiger partial charge on any atom is -0.454 e. The van der Waals surface area contributed by atoms with Crippen LogP contribution in [0.4, 0.5) is 0 Å². The van der Waals surface area contributed by atoms with Crippen molar-refractivity contribution in [3.05, 3.63) is 146 Å². The van der Waals surface area contributed by atoms with E-state index in [-0.39, 0.29) is 0 Å². The minimum absolute atomic E-state index is 0.573. The van der Waals surface area contributed by atoms with Gasteiger partial charge in [0, 0.05) is 22.9 Å². The van der Waals surface area contributed by atoms with Gasteiger partial charge in [0.25, 0.3) is 0 Å². The molecule has 6 aromatic carbocycles. The van der Waals surface area contributed by atoms with Crippen LogP contribution < -0.4 is 0 Å². The summed E-state index contributed by atoms with van der Waals surface area (Å²) < 4.78 is 6.13. The molecule has 0 amide bonds. The fourth-order valence-electron chi connectivity index (χ4n) is 7.03. The molecule has 1 aliphatic rings. The first-order valence-electron chi connectivity index (χ1n) is 15.6. The van der Waals surface area contributed by atoms with E-state index in [2.05, 4.69) is 83.8 Å². The van der Waals surface area contributed by atoms with Crippen molar-refractivity contribution < 1.29 is 4.42 Å². The van der Waals surface area contributed by atoms with E-state index in [0.29, 0.717) is 17.5 Å². The van der Waals surface area contributed by atoms with Gasteiger partial charge < -0.3 is 4.42 Å². The fraction of sp³-hybridized carbons (Fsp3) is 0. The van der Waals surface area contributed by atoms with Crippen LogP contribution >= 0.6 is 0 Å². The van der Waals surface area contributed by atoms with Gasteiger partial charge in [-0.2, -0.15) is 0 Å². The van der Waals surface area contributed by atoms with Gasteiger partial charge in [-0.15, -0.1) is 0 Å². The molecule has 0 radical (unpaired) electrons. The molecule has 0 unspecified atom stereocenters. The van der Waals surface area contributed by atoms with Crippen LogP contribution in [0.15, 0.2) is 150 Å². The summed E-state index contributed by atoms with van der Waals surface area (Å²) in [6, 6.07) is 48.2. The Bertz CT molecular complexity index is 2650. The maximum Gasteiger partial charge on any atom is 0.164 e. The molecule has 47 heavy (non-hydrogen) atoms. The number of hydrogen-bond donors (Lipinski definition) is 0. The molecule has 218 valence electrons. The van der Waals surface area contributed by atoms with E-state index in [1.54, 1.807) is 6.20 Å². The Hall–Kier alpha value is -6.46. The van der Waals surface area contributed by atoms with Crippen LogP contribution in [0, 0.1) is 0 Å². The minimum atomic E-state index is 0.573. The lowest BCUT2D eigenvalue weighted by Crippen LogP contribution is -2.00. The van der Waals surface area contributed by atoms with E-state index in [9.17, 15) is 0 Å². The van der Waals surface area contributed by atoms with Crippen molar-refractivity contribution in [3.8, 4) is 67.5 Å². The third-order valence-corrected chi connectivity index (χ3v) is 9.16. The van der Waals surface area contributed by atoms with Gasteiger partial charge in [-0.3, -0.25) is 4.98 Å². The quantitative estimate of drug-likeness (QED) is 0.201. The second-order valence-electron chi connectivity index (χ2n) is 11.8. The Morgan fingerprint density at radius 3 is 1.77 bits per heavy atom. The van der Waals surface area contributed by atoms with E-state index in [1.807, 2.05) is 60.7 Å². The van der Waals surface area contributed by atoms with Crippen LogP contribution in [0.1, 0.15) is 0 Å². The largest absolute Gasteiger partial charge is 0.454 e. The molecule has 0 spiro atoms. The van der Waals surface area contributed by atoms with Crippen molar-refractivity contribution in [2.75, 3.05) is 0 Å². The highest BCUT2D eigenvalue weighted by molar-refractivity contribution is 6.18. The standard InChI is InChI=1S/C42H24N4O/c1-2-9-26(10-3-1)40-44-41(46-42(45-40)34-15-7-16-35-38(34)39-36(47-35)17-8-24-43-39)27-20-18-25(19-21-27)28-22-23-33-30-12-5-4-11-29(30)32-14-6-13-31(28)37(32)33/h1-24H. The van der Waals surface area contributed by atoms with Crippen molar-refractivity contribution in [1.82, 2.24) is 19.9 Å². The molecular weight excluding hydrogens is 576 g/mol. The van der Waals surface area contributed by atoms with Crippen molar-refractivity contribution in [1.29, 1.82) is 0 Å². The molecule has 0 saturated heterocycles. The maximum absolute atomic E-state index is 6.13. The van der Waals surface area contributed by atoms with Gasteiger partial charge in [0.05, 0.1) is 5.39 Å². The summed E-state index contributed by atoms with van der Waals surface area (Å²) in [6.07, 6.45) is 1.78. The molecule has 5 heteroatoms. The number of pyridine rings is 1. The Kier molecular flexibility index (Phi) is 5.51. The molecule has 0 atom stereocenters. The van der Waals surface area contributed by atoms with Gasteiger partial charge >= 0.3 is 0 Å². The van der Waals surface area contributed by atoms with Crippen molar-refractivity contribution in [2.45, 2.75) is 0 Å². The number of hydrogen-bond acceptors (Lipinski definition) is 5. The lowest BCUT2D eigenvalue weighted by Gasteiger charge is -2.11. The molecule has 0 fully saturated rings. The summed E-state index contributed by atoms with van der Waals surface area (Å²) in [7, 11) is 0. The molecule has 3 heterocycles. The predicted octanol–water partition coefficient (Wildman–Crippen LogP) is 10.6. The maximum atomic E-state index is 6.13. The average molecular weight is 601 g/mol. The van der Waals surface area contributed by atoms with Gasteiger partial charge in [-0.05, 0) is 62.4 Å². The number of fused-ring (bicyclic) bond motifs is 6. The SMILES string of the molecule is c1ccc(-c2nc(-c3ccc(-c4ccc5c6c(cccc46)-c4ccccc4-5)cc3)nc(-c3cccc4oc5cccnc5c34)n2)cc1. The molecule has 5 nitrogen and oxygen atoms in total. The number of benzene rings is 6. The van der Waals surface area contributed by atoms with Gasteiger partial charge in [0.2, 0.25) is 0 Å². The van der Waals surface area contributed by atoms with Crippen molar-refractivity contribution in [2.24, 2.45) is 0 Å². The van der Waals surface area contributed by atoms with Crippen molar-refractivity contribution in [3.63, 3.8) is 0 Å². The highest BCUT2D eigenvalue weighted by Gasteiger charge is 2.22. The predicted molar refractivity (Wildman–Crippen MR) is 189 cm³/mol. The summed E-state index contributed by atoms with van der Waals surface area (Å²) in [5, 5.41) is 3.47. The summed E-state index contributed by atoms with van der Waals surface area (Å²) >= 11 is 0. The second-order valence-corrected chi connectivity index (χ2v) is 11.8. The molecule has 0 N–H and O–H groups in total. The summed E-state index contributed by atoms with van der Waals surface area (Å²) in [6.45, 7) is 0. The number of furan rings is 1. The number of rotatable bonds is 4. The van der Waals surface area contributed by atoms with E-state index in [4.69, 9.17) is 19.4 Å². The first kappa shape index (κ1) is 25.8. The molecule has 0 saturated carbocycles. The highest BCUT2D eigenvalue weighted by atomic mass is 16.3.